The molecular weight excluding hydrogens is 545 g/mol. The number of nitrogens with zero attached hydrogens (tertiary/aromatic N) is 5. The van der Waals surface area contributed by atoms with Crippen LogP contribution in [0.1, 0.15) is 12.0 Å². The van der Waals surface area contributed by atoms with Gasteiger partial charge in [-0.05, 0) is 12.5 Å². The summed E-state index contributed by atoms with van der Waals surface area (Å²) in [5, 5.41) is 12.5. The van der Waals surface area contributed by atoms with Crippen molar-refractivity contribution in [2.45, 2.75) is 25.6 Å². The summed E-state index contributed by atoms with van der Waals surface area (Å²) in [6, 6.07) is 3.65. The molecule has 3 aromatic heterocycles. The predicted molar refractivity (Wildman–Crippen MR) is 150 cm³/mol. The highest BCUT2D eigenvalue weighted by molar-refractivity contribution is 6.41. The molecule has 0 radical (unpaired) electrons. The minimum Gasteiger partial charge on any atom is -0.495 e. The zero-order valence-corrected chi connectivity index (χ0v) is 23.3. The van der Waals surface area contributed by atoms with Gasteiger partial charge in [-0.2, -0.15) is 5.10 Å². The van der Waals surface area contributed by atoms with Crippen LogP contribution in [-0.4, -0.2) is 71.9 Å². The molecule has 0 saturated carbocycles. The number of hydrogen-bond donors (Lipinski definition) is 2. The third-order valence-electron chi connectivity index (χ3n) is 6.33. The zero-order valence-electron chi connectivity index (χ0n) is 21.8. The van der Waals surface area contributed by atoms with Crippen molar-refractivity contribution < 1.29 is 18.9 Å². The van der Waals surface area contributed by atoms with Crippen LogP contribution in [0.25, 0.3) is 22.2 Å². The molecule has 1 saturated heterocycles. The van der Waals surface area contributed by atoms with E-state index in [2.05, 4.69) is 20.7 Å². The number of ether oxygens (including phenoxy) is 4. The largest absolute Gasteiger partial charge is 0.495 e. The van der Waals surface area contributed by atoms with Crippen LogP contribution in [-0.2, 0) is 22.6 Å². The van der Waals surface area contributed by atoms with Crippen molar-refractivity contribution in [1.29, 1.82) is 0 Å². The summed E-state index contributed by atoms with van der Waals surface area (Å²) in [7, 11) is 4.73. The van der Waals surface area contributed by atoms with E-state index in [0.717, 1.165) is 17.4 Å². The molecular formula is C26H29Cl2N7O4. The van der Waals surface area contributed by atoms with Crippen molar-refractivity contribution in [1.82, 2.24) is 24.7 Å². The number of pyridine rings is 1. The molecule has 1 fully saturated rings. The minimum absolute atomic E-state index is 0.158. The van der Waals surface area contributed by atoms with Crippen LogP contribution in [0.5, 0.6) is 11.5 Å². The topological polar surface area (TPSA) is 117 Å². The highest BCUT2D eigenvalue weighted by Crippen LogP contribution is 2.46. The number of rotatable bonds is 11. The highest BCUT2D eigenvalue weighted by Gasteiger charge is 2.22. The number of fused-ring (bicyclic) bond motifs is 1. The van der Waals surface area contributed by atoms with E-state index in [4.69, 9.17) is 52.1 Å². The Bertz CT molecular complexity index is 1430. The first kappa shape index (κ1) is 27.2. The molecule has 0 spiro atoms. The summed E-state index contributed by atoms with van der Waals surface area (Å²) >= 11 is 13.4. The average Bonchev–Trinajstić information content (AvgIpc) is 3.63. The Morgan fingerprint density at radius 3 is 2.56 bits per heavy atom. The van der Waals surface area contributed by atoms with Gasteiger partial charge in [0.25, 0.3) is 0 Å². The second-order valence-electron chi connectivity index (χ2n) is 8.93. The quantitative estimate of drug-likeness (QED) is 0.262. The van der Waals surface area contributed by atoms with Gasteiger partial charge in [0.15, 0.2) is 5.82 Å². The maximum Gasteiger partial charge on any atom is 0.223 e. The first-order valence-electron chi connectivity index (χ1n) is 12.4. The van der Waals surface area contributed by atoms with Gasteiger partial charge in [0, 0.05) is 55.2 Å². The van der Waals surface area contributed by atoms with Gasteiger partial charge in [-0.3, -0.25) is 4.68 Å². The van der Waals surface area contributed by atoms with Crippen molar-refractivity contribution in [3.05, 3.63) is 46.3 Å². The Kier molecular flexibility index (Phi) is 8.51. The number of aromatic nitrogens is 5. The Labute approximate surface area is 235 Å². The van der Waals surface area contributed by atoms with Crippen LogP contribution in [0.4, 0.5) is 11.8 Å². The van der Waals surface area contributed by atoms with E-state index in [1.165, 1.54) is 14.2 Å². The van der Waals surface area contributed by atoms with Crippen LogP contribution in [0.15, 0.2) is 30.7 Å². The molecule has 5 rings (SSSR count). The van der Waals surface area contributed by atoms with Gasteiger partial charge >= 0.3 is 0 Å². The summed E-state index contributed by atoms with van der Waals surface area (Å²) in [5.74, 6) is 1.88. The molecule has 2 N–H and O–H groups in total. The van der Waals surface area contributed by atoms with Crippen LogP contribution in [0, 0.1) is 0 Å². The second-order valence-corrected chi connectivity index (χ2v) is 9.69. The fraction of sp³-hybridized carbons (Fsp3) is 0.385. The van der Waals surface area contributed by atoms with E-state index in [0.29, 0.717) is 83.0 Å². The fourth-order valence-corrected chi connectivity index (χ4v) is 4.99. The fourth-order valence-electron chi connectivity index (χ4n) is 4.29. The van der Waals surface area contributed by atoms with Gasteiger partial charge in [-0.15, -0.1) is 0 Å². The van der Waals surface area contributed by atoms with Gasteiger partial charge in [-0.25, -0.2) is 15.0 Å². The molecule has 4 aromatic rings. The average molecular weight is 574 g/mol. The number of hydrogen-bond acceptors (Lipinski definition) is 10. The van der Waals surface area contributed by atoms with Crippen LogP contribution in [0.2, 0.25) is 10.0 Å². The Morgan fingerprint density at radius 2 is 1.87 bits per heavy atom. The molecule has 11 nitrogen and oxygen atoms in total. The molecule has 39 heavy (non-hydrogen) atoms. The molecule has 206 valence electrons. The normalized spacial score (nSPS) is 15.1. The zero-order chi connectivity index (χ0) is 27.4. The summed E-state index contributed by atoms with van der Waals surface area (Å²) in [5.41, 5.74) is 2.61. The minimum atomic E-state index is 0.158. The summed E-state index contributed by atoms with van der Waals surface area (Å²) < 4.78 is 23.4. The van der Waals surface area contributed by atoms with Crippen LogP contribution >= 0.6 is 23.2 Å². The molecule has 1 unspecified atom stereocenters. The molecule has 13 heteroatoms. The maximum atomic E-state index is 6.72. The molecule has 1 aliphatic heterocycles. The van der Waals surface area contributed by atoms with Crippen molar-refractivity contribution >= 4 is 45.9 Å². The van der Waals surface area contributed by atoms with Crippen molar-refractivity contribution in [3.8, 4) is 22.8 Å². The third-order valence-corrected chi connectivity index (χ3v) is 7.08. The number of halogens is 2. The molecule has 0 aliphatic carbocycles. The molecule has 1 aliphatic rings. The van der Waals surface area contributed by atoms with Crippen LogP contribution < -0.4 is 20.1 Å². The lowest BCUT2D eigenvalue weighted by Gasteiger charge is -2.17. The summed E-state index contributed by atoms with van der Waals surface area (Å²) in [4.78, 5) is 14.2. The first-order valence-corrected chi connectivity index (χ1v) is 13.1. The van der Waals surface area contributed by atoms with E-state index in [1.807, 2.05) is 16.9 Å². The SMILES string of the molecule is COCCn1cc(CNc2nc(-c3c(Cl)c(OC)cc(OC)c3Cl)cc3cnc(NC4CCOC4)nc23)cn1. The number of nitrogens with one attached hydrogen (secondary N) is 2. The molecule has 0 bridgehead atoms. The summed E-state index contributed by atoms with van der Waals surface area (Å²) in [6.07, 6.45) is 6.41. The second kappa shape index (κ2) is 12.2. The van der Waals surface area contributed by atoms with E-state index in [9.17, 15) is 0 Å². The van der Waals surface area contributed by atoms with E-state index in [-0.39, 0.29) is 6.04 Å². The Morgan fingerprint density at radius 1 is 1.08 bits per heavy atom. The summed E-state index contributed by atoms with van der Waals surface area (Å²) in [6.45, 7) is 3.03. The third kappa shape index (κ3) is 5.96. The molecule has 0 amide bonds. The van der Waals surface area contributed by atoms with Gasteiger partial charge in [0.05, 0.1) is 62.0 Å². The molecule has 1 atom stereocenters. The monoisotopic (exact) mass is 573 g/mol. The van der Waals surface area contributed by atoms with Crippen molar-refractivity contribution in [2.75, 3.05) is 51.8 Å². The molecule has 1 aromatic carbocycles. The van der Waals surface area contributed by atoms with Gasteiger partial charge < -0.3 is 29.6 Å². The number of anilines is 2. The standard InChI is InChI=1S/C26H29Cl2N7O4/c1-36-7-5-35-13-15(11-31-35)10-29-25-24-16(12-30-26(34-24)32-17-4-6-39-14-17)8-18(33-25)21-22(27)19(37-2)9-20(38-3)23(21)28/h8-9,11-13,17H,4-7,10,14H2,1-3H3,(H,29,33)(H,30,32,34). The first-order chi connectivity index (χ1) is 19.0. The van der Waals surface area contributed by atoms with Crippen LogP contribution in [0.3, 0.4) is 0 Å². The number of benzene rings is 1. The van der Waals surface area contributed by atoms with Gasteiger partial charge in [0.1, 0.15) is 17.0 Å². The van der Waals surface area contributed by atoms with Crippen molar-refractivity contribution in [2.24, 2.45) is 0 Å². The van der Waals surface area contributed by atoms with Gasteiger partial charge in [-0.1, -0.05) is 23.2 Å². The Balaban J connectivity index is 1.56. The maximum absolute atomic E-state index is 6.72. The lowest BCUT2D eigenvalue weighted by Crippen LogP contribution is -2.20. The van der Waals surface area contributed by atoms with E-state index in [1.54, 1.807) is 25.6 Å². The highest BCUT2D eigenvalue weighted by atomic mass is 35.5. The van der Waals surface area contributed by atoms with Gasteiger partial charge in [0.2, 0.25) is 5.95 Å². The van der Waals surface area contributed by atoms with E-state index >= 15 is 0 Å². The number of methoxy groups -OCH3 is 3. The lowest BCUT2D eigenvalue weighted by molar-refractivity contribution is 0.183. The van der Waals surface area contributed by atoms with Crippen molar-refractivity contribution in [3.63, 3.8) is 0 Å². The Hall–Kier alpha value is -3.38. The lowest BCUT2D eigenvalue weighted by atomic mass is 10.1. The van der Waals surface area contributed by atoms with E-state index < -0.39 is 0 Å². The smallest absolute Gasteiger partial charge is 0.223 e. The predicted octanol–water partition coefficient (Wildman–Crippen LogP) is 4.67. The molecule has 4 heterocycles.